The molecule has 5 aromatic heterocycles. The number of aromatic nitrogens is 4. The zero-order valence-electron chi connectivity index (χ0n) is 13.7. The van der Waals surface area contributed by atoms with Gasteiger partial charge in [-0.15, -0.1) is 0 Å². The maximum absolute atomic E-state index is 4.72. The van der Waals surface area contributed by atoms with Crippen LogP contribution < -0.4 is 0 Å². The maximum atomic E-state index is 4.72. The van der Waals surface area contributed by atoms with E-state index in [0.717, 1.165) is 33.1 Å². The first-order valence-electron chi connectivity index (χ1n) is 8.70. The summed E-state index contributed by atoms with van der Waals surface area (Å²) in [6, 6.07) is 21.2. The van der Waals surface area contributed by atoms with Crippen LogP contribution in [0.5, 0.6) is 0 Å². The summed E-state index contributed by atoms with van der Waals surface area (Å²) < 4.78 is 4.69. The van der Waals surface area contributed by atoms with Gasteiger partial charge >= 0.3 is 0 Å². The molecule has 2 aromatic carbocycles. The van der Waals surface area contributed by atoms with E-state index in [1.54, 1.807) is 0 Å². The molecule has 26 heavy (non-hydrogen) atoms. The van der Waals surface area contributed by atoms with Crippen LogP contribution in [-0.2, 0) is 0 Å². The first kappa shape index (κ1) is 12.7. The molecule has 0 bridgehead atoms. The van der Waals surface area contributed by atoms with Crippen LogP contribution in [-0.4, -0.2) is 18.8 Å². The molecule has 0 atom stereocenters. The van der Waals surface area contributed by atoms with E-state index in [1.807, 2.05) is 12.4 Å². The van der Waals surface area contributed by atoms with E-state index < -0.39 is 0 Å². The molecule has 0 amide bonds. The van der Waals surface area contributed by atoms with Crippen molar-refractivity contribution in [2.75, 3.05) is 0 Å². The van der Waals surface area contributed by atoms with Gasteiger partial charge in [0.2, 0.25) is 0 Å². The predicted molar refractivity (Wildman–Crippen MR) is 105 cm³/mol. The van der Waals surface area contributed by atoms with Gasteiger partial charge in [0.05, 0.1) is 44.1 Å². The largest absolute Gasteiger partial charge is 0.304 e. The average molecular weight is 332 g/mol. The fraction of sp³-hybridized carbons (Fsp3) is 0. The minimum absolute atomic E-state index is 1.05. The second-order valence-corrected chi connectivity index (χ2v) is 6.76. The SMILES string of the molecule is c1ccc2c(c1)c1nccc3c1n2c1ccnc2c4ccccc4n3c21. The van der Waals surface area contributed by atoms with Crippen LogP contribution in [0.2, 0.25) is 0 Å². The minimum atomic E-state index is 1.05. The van der Waals surface area contributed by atoms with Crippen molar-refractivity contribution in [2.45, 2.75) is 0 Å². The van der Waals surface area contributed by atoms with E-state index in [2.05, 4.69) is 69.5 Å². The van der Waals surface area contributed by atoms with Gasteiger partial charge in [-0.25, -0.2) is 0 Å². The quantitative estimate of drug-likeness (QED) is 0.365. The van der Waals surface area contributed by atoms with Gasteiger partial charge < -0.3 is 8.80 Å². The molecule has 5 heterocycles. The maximum Gasteiger partial charge on any atom is 0.0985 e. The first-order chi connectivity index (χ1) is 12.9. The molecule has 4 heteroatoms. The molecule has 120 valence electrons. The number of pyridine rings is 2. The second kappa shape index (κ2) is 4.11. The standard InChI is InChI=1S/C22H12N4/c1-3-7-15-13(5-1)19-21-17(9-11-23-19)26-16-8-4-2-6-14(16)20-22(26)18(25(15)21)10-12-24-20/h1-12H. The Balaban J connectivity index is 2.02. The topological polar surface area (TPSA) is 34.6 Å². The number of fused-ring (bicyclic) bond motifs is 8. The highest BCUT2D eigenvalue weighted by molar-refractivity contribution is 6.19. The van der Waals surface area contributed by atoms with Crippen LogP contribution in [0, 0.1) is 0 Å². The molecule has 0 radical (unpaired) electrons. The van der Waals surface area contributed by atoms with Crippen molar-refractivity contribution in [1.29, 1.82) is 0 Å². The van der Waals surface area contributed by atoms with Gasteiger partial charge in [-0.3, -0.25) is 9.97 Å². The lowest BCUT2D eigenvalue weighted by Crippen LogP contribution is -1.97. The summed E-state index contributed by atoms with van der Waals surface area (Å²) in [5, 5.41) is 2.37. The summed E-state index contributed by atoms with van der Waals surface area (Å²) in [5.41, 5.74) is 9.12. The van der Waals surface area contributed by atoms with Crippen molar-refractivity contribution in [1.82, 2.24) is 18.8 Å². The molecule has 0 N–H and O–H groups in total. The number of hydrogen-bond acceptors (Lipinski definition) is 2. The molecular weight excluding hydrogens is 320 g/mol. The second-order valence-electron chi connectivity index (χ2n) is 6.76. The van der Waals surface area contributed by atoms with Gasteiger partial charge in [0, 0.05) is 23.2 Å². The normalized spacial score (nSPS) is 12.6. The number of benzene rings is 2. The van der Waals surface area contributed by atoms with Gasteiger partial charge in [-0.1, -0.05) is 36.4 Å². The third-order valence-corrected chi connectivity index (χ3v) is 5.54. The average Bonchev–Trinajstić information content (AvgIpc) is 3.22. The Morgan fingerprint density at radius 2 is 0.962 bits per heavy atom. The van der Waals surface area contributed by atoms with Crippen LogP contribution in [0.3, 0.4) is 0 Å². The Labute approximate surface area is 147 Å². The Morgan fingerprint density at radius 1 is 0.500 bits per heavy atom. The molecule has 0 aliphatic carbocycles. The van der Waals surface area contributed by atoms with E-state index in [4.69, 9.17) is 9.97 Å². The Hall–Kier alpha value is -3.66. The van der Waals surface area contributed by atoms with Gasteiger partial charge in [0.25, 0.3) is 0 Å². The fourth-order valence-electron chi connectivity index (χ4n) is 4.56. The molecule has 0 unspecified atom stereocenters. The van der Waals surface area contributed by atoms with Crippen molar-refractivity contribution in [3.8, 4) is 0 Å². The van der Waals surface area contributed by atoms with Crippen LogP contribution >= 0.6 is 0 Å². The molecule has 0 saturated carbocycles. The summed E-state index contributed by atoms with van der Waals surface area (Å²) in [6.07, 6.45) is 3.83. The van der Waals surface area contributed by atoms with Gasteiger partial charge in [0.15, 0.2) is 0 Å². The van der Waals surface area contributed by atoms with E-state index in [-0.39, 0.29) is 0 Å². The summed E-state index contributed by atoms with van der Waals surface area (Å²) in [6.45, 7) is 0. The van der Waals surface area contributed by atoms with Gasteiger partial charge in [-0.05, 0) is 24.3 Å². The molecule has 7 aromatic rings. The molecule has 0 fully saturated rings. The molecule has 0 aliphatic rings. The zero-order chi connectivity index (χ0) is 16.8. The van der Waals surface area contributed by atoms with Gasteiger partial charge in [-0.2, -0.15) is 0 Å². The number of para-hydroxylation sites is 2. The van der Waals surface area contributed by atoms with E-state index in [0.29, 0.717) is 0 Å². The minimum Gasteiger partial charge on any atom is -0.304 e. The van der Waals surface area contributed by atoms with E-state index in [1.165, 1.54) is 21.8 Å². The van der Waals surface area contributed by atoms with Crippen LogP contribution in [0.4, 0.5) is 0 Å². The fourth-order valence-corrected chi connectivity index (χ4v) is 4.56. The Bertz CT molecular complexity index is 1510. The Kier molecular flexibility index (Phi) is 2.00. The highest BCUT2D eigenvalue weighted by atomic mass is 15.0. The molecular formula is C22H12N4. The van der Waals surface area contributed by atoms with Crippen molar-refractivity contribution >= 4 is 54.9 Å². The van der Waals surface area contributed by atoms with Crippen LogP contribution in [0.15, 0.2) is 73.1 Å². The zero-order valence-corrected chi connectivity index (χ0v) is 13.7. The van der Waals surface area contributed by atoms with Crippen molar-refractivity contribution in [2.24, 2.45) is 0 Å². The molecule has 0 saturated heterocycles. The lowest BCUT2D eigenvalue weighted by Gasteiger charge is -2.10. The van der Waals surface area contributed by atoms with Gasteiger partial charge in [0.1, 0.15) is 0 Å². The lowest BCUT2D eigenvalue weighted by molar-refractivity contribution is 1.23. The highest BCUT2D eigenvalue weighted by Gasteiger charge is 2.20. The number of rotatable bonds is 0. The van der Waals surface area contributed by atoms with Crippen molar-refractivity contribution < 1.29 is 0 Å². The van der Waals surface area contributed by atoms with Crippen molar-refractivity contribution in [3.63, 3.8) is 0 Å². The summed E-state index contributed by atoms with van der Waals surface area (Å²) in [5.74, 6) is 0. The van der Waals surface area contributed by atoms with E-state index in [9.17, 15) is 0 Å². The summed E-state index contributed by atoms with van der Waals surface area (Å²) in [4.78, 5) is 9.45. The third-order valence-electron chi connectivity index (χ3n) is 5.54. The number of nitrogens with zero attached hydrogens (tertiary/aromatic N) is 4. The lowest BCUT2D eigenvalue weighted by atomic mass is 10.2. The summed E-state index contributed by atoms with van der Waals surface area (Å²) >= 11 is 0. The Morgan fingerprint density at radius 3 is 1.46 bits per heavy atom. The van der Waals surface area contributed by atoms with E-state index >= 15 is 0 Å². The third kappa shape index (κ3) is 1.24. The monoisotopic (exact) mass is 332 g/mol. The molecule has 7 rings (SSSR count). The van der Waals surface area contributed by atoms with Crippen LogP contribution in [0.25, 0.3) is 54.9 Å². The predicted octanol–water partition coefficient (Wildman–Crippen LogP) is 5.03. The molecule has 0 aliphatic heterocycles. The molecule has 0 spiro atoms. The number of hydrogen-bond donors (Lipinski definition) is 0. The smallest absolute Gasteiger partial charge is 0.0985 e. The highest BCUT2D eigenvalue weighted by Crippen LogP contribution is 2.38. The summed E-state index contributed by atoms with van der Waals surface area (Å²) in [7, 11) is 0. The first-order valence-corrected chi connectivity index (χ1v) is 8.70. The molecule has 4 nitrogen and oxygen atoms in total. The van der Waals surface area contributed by atoms with Crippen molar-refractivity contribution in [3.05, 3.63) is 73.1 Å². The van der Waals surface area contributed by atoms with Crippen LogP contribution in [0.1, 0.15) is 0 Å².